The van der Waals surface area contributed by atoms with Gasteiger partial charge in [0, 0.05) is 28.9 Å². The summed E-state index contributed by atoms with van der Waals surface area (Å²) in [4.78, 5) is 4.67. The van der Waals surface area contributed by atoms with Gasteiger partial charge in [0.25, 0.3) is 0 Å². The topological polar surface area (TPSA) is 43.4 Å². The standard InChI is InChI=1S/C19H17ClN2O2S/c20-15-5-2-13(3-6-15)11-21-19-22-16(12-25-19)14-4-7-17-18(10-14)24-9-1-8-23-17/h2-7,10,12H,1,8-9,11H2,(H,21,22). The summed E-state index contributed by atoms with van der Waals surface area (Å²) in [5.41, 5.74) is 3.12. The van der Waals surface area contributed by atoms with Crippen LogP contribution in [0.1, 0.15) is 12.0 Å². The summed E-state index contributed by atoms with van der Waals surface area (Å²) >= 11 is 7.50. The number of benzene rings is 2. The number of ether oxygens (including phenoxy) is 2. The third kappa shape index (κ3) is 3.89. The molecule has 1 aromatic heterocycles. The van der Waals surface area contributed by atoms with E-state index in [0.29, 0.717) is 19.8 Å². The molecule has 4 nitrogen and oxygen atoms in total. The number of rotatable bonds is 4. The molecule has 6 heteroatoms. The first-order chi connectivity index (χ1) is 12.3. The minimum absolute atomic E-state index is 0.682. The molecule has 4 rings (SSSR count). The van der Waals surface area contributed by atoms with Crippen molar-refractivity contribution >= 4 is 28.1 Å². The average Bonchev–Trinajstić information content (AvgIpc) is 2.98. The fourth-order valence-corrected chi connectivity index (χ4v) is 3.43. The molecule has 25 heavy (non-hydrogen) atoms. The van der Waals surface area contributed by atoms with Gasteiger partial charge >= 0.3 is 0 Å². The maximum atomic E-state index is 5.91. The van der Waals surface area contributed by atoms with Crippen molar-refractivity contribution < 1.29 is 9.47 Å². The number of halogens is 1. The lowest BCUT2D eigenvalue weighted by Gasteiger charge is -2.08. The van der Waals surface area contributed by atoms with Crippen LogP contribution in [0.5, 0.6) is 11.5 Å². The number of nitrogens with zero attached hydrogens (tertiary/aromatic N) is 1. The van der Waals surface area contributed by atoms with Crippen LogP contribution in [0.4, 0.5) is 5.13 Å². The fourth-order valence-electron chi connectivity index (χ4n) is 2.59. The van der Waals surface area contributed by atoms with Crippen molar-refractivity contribution in [2.45, 2.75) is 13.0 Å². The van der Waals surface area contributed by atoms with E-state index in [4.69, 9.17) is 21.1 Å². The second-order valence-electron chi connectivity index (χ2n) is 5.73. The molecular formula is C19H17ClN2O2S. The van der Waals surface area contributed by atoms with Crippen LogP contribution >= 0.6 is 22.9 Å². The van der Waals surface area contributed by atoms with E-state index in [0.717, 1.165) is 44.9 Å². The Labute approximate surface area is 155 Å². The zero-order valence-corrected chi connectivity index (χ0v) is 15.1. The molecule has 128 valence electrons. The summed E-state index contributed by atoms with van der Waals surface area (Å²) < 4.78 is 11.4. The number of hydrogen-bond donors (Lipinski definition) is 1. The summed E-state index contributed by atoms with van der Waals surface area (Å²) in [5, 5.41) is 7.03. The maximum Gasteiger partial charge on any atom is 0.183 e. The number of nitrogens with one attached hydrogen (secondary N) is 1. The molecule has 0 atom stereocenters. The Bertz CT molecular complexity index is 864. The third-order valence-corrected chi connectivity index (χ3v) is 4.96. The lowest BCUT2D eigenvalue weighted by Crippen LogP contribution is -1.98. The van der Waals surface area contributed by atoms with E-state index in [1.165, 1.54) is 0 Å². The Morgan fingerprint density at radius 1 is 1.04 bits per heavy atom. The first kappa shape index (κ1) is 16.2. The predicted octanol–water partition coefficient (Wildman–Crippen LogP) is 5.24. The van der Waals surface area contributed by atoms with Crippen LogP contribution in [-0.2, 0) is 6.54 Å². The second kappa shape index (κ2) is 7.33. The van der Waals surface area contributed by atoms with Gasteiger partial charge in [-0.3, -0.25) is 0 Å². The Balaban J connectivity index is 1.47. The molecule has 0 bridgehead atoms. The van der Waals surface area contributed by atoms with Crippen LogP contribution < -0.4 is 14.8 Å². The summed E-state index contributed by atoms with van der Waals surface area (Å²) in [6.07, 6.45) is 0.902. The van der Waals surface area contributed by atoms with E-state index in [-0.39, 0.29) is 0 Å². The lowest BCUT2D eigenvalue weighted by molar-refractivity contribution is 0.297. The van der Waals surface area contributed by atoms with Gasteiger partial charge in [0.1, 0.15) is 0 Å². The van der Waals surface area contributed by atoms with Crippen molar-refractivity contribution in [2.24, 2.45) is 0 Å². The number of thiazole rings is 1. The highest BCUT2D eigenvalue weighted by atomic mass is 35.5. The first-order valence-corrected chi connectivity index (χ1v) is 9.37. The van der Waals surface area contributed by atoms with E-state index >= 15 is 0 Å². The van der Waals surface area contributed by atoms with E-state index in [1.54, 1.807) is 11.3 Å². The van der Waals surface area contributed by atoms with Crippen LogP contribution in [0.2, 0.25) is 5.02 Å². The predicted molar refractivity (Wildman–Crippen MR) is 102 cm³/mol. The fraction of sp³-hybridized carbons (Fsp3) is 0.211. The number of fused-ring (bicyclic) bond motifs is 1. The normalized spacial score (nSPS) is 13.3. The van der Waals surface area contributed by atoms with Crippen LogP contribution in [0.15, 0.2) is 47.8 Å². The van der Waals surface area contributed by atoms with E-state index in [9.17, 15) is 0 Å². The van der Waals surface area contributed by atoms with Gasteiger partial charge in [-0.2, -0.15) is 0 Å². The smallest absolute Gasteiger partial charge is 0.183 e. The molecule has 2 heterocycles. The molecule has 0 fully saturated rings. The SMILES string of the molecule is Clc1ccc(CNc2nc(-c3ccc4c(c3)OCCCO4)cs2)cc1. The highest BCUT2D eigenvalue weighted by Gasteiger charge is 2.13. The van der Waals surface area contributed by atoms with Gasteiger partial charge < -0.3 is 14.8 Å². The van der Waals surface area contributed by atoms with Crippen molar-refractivity contribution in [2.75, 3.05) is 18.5 Å². The van der Waals surface area contributed by atoms with Crippen LogP contribution in [-0.4, -0.2) is 18.2 Å². The molecule has 1 aliphatic heterocycles. The van der Waals surface area contributed by atoms with Crippen LogP contribution in [0, 0.1) is 0 Å². The molecule has 1 aliphatic rings. The second-order valence-corrected chi connectivity index (χ2v) is 7.02. The van der Waals surface area contributed by atoms with Gasteiger partial charge in [-0.05, 0) is 35.9 Å². The van der Waals surface area contributed by atoms with Crippen molar-refractivity contribution in [3.05, 3.63) is 58.4 Å². The molecule has 0 unspecified atom stereocenters. The molecule has 0 spiro atoms. The van der Waals surface area contributed by atoms with Crippen molar-refractivity contribution in [3.8, 4) is 22.8 Å². The molecular weight excluding hydrogens is 356 g/mol. The van der Waals surface area contributed by atoms with Crippen LogP contribution in [0.3, 0.4) is 0 Å². The van der Waals surface area contributed by atoms with E-state index < -0.39 is 0 Å². The van der Waals surface area contributed by atoms with Gasteiger partial charge in [0.15, 0.2) is 16.6 Å². The molecule has 2 aromatic carbocycles. The van der Waals surface area contributed by atoms with Gasteiger partial charge in [0.2, 0.25) is 0 Å². The summed E-state index contributed by atoms with van der Waals surface area (Å²) in [6, 6.07) is 13.8. The van der Waals surface area contributed by atoms with Crippen molar-refractivity contribution in [3.63, 3.8) is 0 Å². The monoisotopic (exact) mass is 372 g/mol. The molecule has 0 radical (unpaired) electrons. The minimum atomic E-state index is 0.682. The molecule has 0 saturated heterocycles. The van der Waals surface area contributed by atoms with Crippen molar-refractivity contribution in [1.29, 1.82) is 0 Å². The average molecular weight is 373 g/mol. The Hall–Kier alpha value is -2.24. The van der Waals surface area contributed by atoms with Gasteiger partial charge in [-0.25, -0.2) is 4.98 Å². The molecule has 0 aliphatic carbocycles. The van der Waals surface area contributed by atoms with E-state index in [2.05, 4.69) is 10.3 Å². The lowest BCUT2D eigenvalue weighted by atomic mass is 10.1. The van der Waals surface area contributed by atoms with Gasteiger partial charge in [-0.15, -0.1) is 11.3 Å². The number of hydrogen-bond acceptors (Lipinski definition) is 5. The first-order valence-electron chi connectivity index (χ1n) is 8.12. The Morgan fingerprint density at radius 2 is 1.84 bits per heavy atom. The maximum absolute atomic E-state index is 5.91. The molecule has 1 N–H and O–H groups in total. The van der Waals surface area contributed by atoms with Crippen molar-refractivity contribution in [1.82, 2.24) is 4.98 Å². The molecule has 3 aromatic rings. The third-order valence-electron chi connectivity index (χ3n) is 3.90. The number of aromatic nitrogens is 1. The summed E-state index contributed by atoms with van der Waals surface area (Å²) in [6.45, 7) is 2.09. The molecule has 0 saturated carbocycles. The van der Waals surface area contributed by atoms with Gasteiger partial charge in [-0.1, -0.05) is 23.7 Å². The summed E-state index contributed by atoms with van der Waals surface area (Å²) in [7, 11) is 0. The van der Waals surface area contributed by atoms with Crippen LogP contribution in [0.25, 0.3) is 11.3 Å². The van der Waals surface area contributed by atoms with E-state index in [1.807, 2.05) is 47.8 Å². The Kier molecular flexibility index (Phi) is 4.76. The summed E-state index contributed by atoms with van der Waals surface area (Å²) in [5.74, 6) is 1.59. The largest absolute Gasteiger partial charge is 0.490 e. The Morgan fingerprint density at radius 3 is 2.68 bits per heavy atom. The number of anilines is 1. The zero-order valence-electron chi connectivity index (χ0n) is 13.5. The molecule has 0 amide bonds. The quantitative estimate of drug-likeness (QED) is 0.680. The van der Waals surface area contributed by atoms with Gasteiger partial charge in [0.05, 0.1) is 18.9 Å². The minimum Gasteiger partial charge on any atom is -0.490 e. The highest BCUT2D eigenvalue weighted by molar-refractivity contribution is 7.14. The highest BCUT2D eigenvalue weighted by Crippen LogP contribution is 2.35. The zero-order chi connectivity index (χ0) is 17.1.